The molecule has 0 saturated heterocycles. The Morgan fingerprint density at radius 2 is 1.85 bits per heavy atom. The molecule has 4 atom stereocenters. The number of benzene rings is 1. The van der Waals surface area contributed by atoms with E-state index in [1.54, 1.807) is 14.2 Å². The molecular weight excluding hydrogens is 352 g/mol. The molecule has 5 nitrogen and oxygen atoms in total. The summed E-state index contributed by atoms with van der Waals surface area (Å²) >= 11 is 0. The Kier molecular flexibility index (Phi) is 6.46. The van der Waals surface area contributed by atoms with Gasteiger partial charge in [0, 0.05) is 18.0 Å². The second-order valence-corrected chi connectivity index (χ2v) is 8.11. The van der Waals surface area contributed by atoms with Crippen molar-refractivity contribution in [2.45, 2.75) is 44.6 Å². The highest BCUT2D eigenvalue weighted by Crippen LogP contribution is 2.47. The topological polar surface area (TPSA) is 73.6 Å². The summed E-state index contributed by atoms with van der Waals surface area (Å²) in [5.41, 5.74) is 7.18. The summed E-state index contributed by atoms with van der Waals surface area (Å²) in [6.07, 6.45) is 3.46. The standard InChI is InChI=1S/C20H30N2O3.ClH/c1-20(2,14-7-8-15(24-3)16(10-14)25-4)11-22-19(23)17-12-5-6-13(9-12)18(17)21;/h7-8,10,12-13,17-18H,5-6,9,11,21H2,1-4H3,(H,22,23);1H. The molecule has 1 amide bonds. The van der Waals surface area contributed by atoms with E-state index in [-0.39, 0.29) is 35.7 Å². The van der Waals surface area contributed by atoms with E-state index < -0.39 is 0 Å². The maximum Gasteiger partial charge on any atom is 0.224 e. The highest BCUT2D eigenvalue weighted by molar-refractivity contribution is 5.85. The zero-order valence-corrected chi connectivity index (χ0v) is 16.9. The molecule has 146 valence electrons. The van der Waals surface area contributed by atoms with Crippen molar-refractivity contribution in [3.63, 3.8) is 0 Å². The number of hydrogen-bond donors (Lipinski definition) is 2. The zero-order valence-electron chi connectivity index (χ0n) is 16.1. The fraction of sp³-hybridized carbons (Fsp3) is 0.650. The summed E-state index contributed by atoms with van der Waals surface area (Å²) in [6.45, 7) is 4.81. The minimum Gasteiger partial charge on any atom is -0.493 e. The third kappa shape index (κ3) is 3.79. The normalized spacial score (nSPS) is 27.0. The molecule has 0 aromatic heterocycles. The van der Waals surface area contributed by atoms with E-state index >= 15 is 0 Å². The third-order valence-corrected chi connectivity index (χ3v) is 6.15. The minimum atomic E-state index is -0.211. The maximum absolute atomic E-state index is 12.7. The van der Waals surface area contributed by atoms with Crippen LogP contribution in [0, 0.1) is 17.8 Å². The molecule has 0 spiro atoms. The number of rotatable bonds is 6. The van der Waals surface area contributed by atoms with E-state index in [2.05, 4.69) is 19.2 Å². The van der Waals surface area contributed by atoms with Crippen LogP contribution in [0.1, 0.15) is 38.7 Å². The predicted molar refractivity (Wildman–Crippen MR) is 105 cm³/mol. The van der Waals surface area contributed by atoms with Crippen molar-refractivity contribution in [1.29, 1.82) is 0 Å². The van der Waals surface area contributed by atoms with Crippen LogP contribution in [0.3, 0.4) is 0 Å². The summed E-state index contributed by atoms with van der Waals surface area (Å²) < 4.78 is 10.7. The highest BCUT2D eigenvalue weighted by Gasteiger charge is 2.49. The summed E-state index contributed by atoms with van der Waals surface area (Å²) in [5, 5.41) is 3.15. The molecule has 4 unspecified atom stereocenters. The van der Waals surface area contributed by atoms with Gasteiger partial charge in [0.05, 0.1) is 20.1 Å². The monoisotopic (exact) mass is 382 g/mol. The lowest BCUT2D eigenvalue weighted by molar-refractivity contribution is -0.127. The van der Waals surface area contributed by atoms with Crippen LogP contribution >= 0.6 is 12.4 Å². The van der Waals surface area contributed by atoms with Crippen molar-refractivity contribution in [3.8, 4) is 11.5 Å². The molecular formula is C20H31ClN2O3. The summed E-state index contributed by atoms with van der Waals surface area (Å²) in [6, 6.07) is 5.94. The Morgan fingerprint density at radius 3 is 2.42 bits per heavy atom. The molecule has 2 aliphatic carbocycles. The van der Waals surface area contributed by atoms with Crippen LogP contribution in [-0.2, 0) is 10.2 Å². The van der Waals surface area contributed by atoms with Crippen molar-refractivity contribution < 1.29 is 14.3 Å². The molecule has 26 heavy (non-hydrogen) atoms. The van der Waals surface area contributed by atoms with Crippen LogP contribution < -0.4 is 20.5 Å². The van der Waals surface area contributed by atoms with Gasteiger partial charge < -0.3 is 20.5 Å². The molecule has 2 bridgehead atoms. The van der Waals surface area contributed by atoms with Crippen molar-refractivity contribution in [2.24, 2.45) is 23.5 Å². The molecule has 2 fully saturated rings. The van der Waals surface area contributed by atoms with Gasteiger partial charge in [-0.1, -0.05) is 19.9 Å². The summed E-state index contributed by atoms with van der Waals surface area (Å²) in [7, 11) is 3.26. The maximum atomic E-state index is 12.7. The van der Waals surface area contributed by atoms with Gasteiger partial charge in [-0.2, -0.15) is 0 Å². The second-order valence-electron chi connectivity index (χ2n) is 8.11. The van der Waals surface area contributed by atoms with Crippen LogP contribution in [0.15, 0.2) is 18.2 Å². The predicted octanol–water partition coefficient (Wildman–Crippen LogP) is 2.89. The number of nitrogens with two attached hydrogens (primary N) is 1. The first-order valence-electron chi connectivity index (χ1n) is 9.13. The number of hydrogen-bond acceptors (Lipinski definition) is 4. The molecule has 0 aliphatic heterocycles. The molecule has 2 aliphatic rings. The number of methoxy groups -OCH3 is 2. The number of ether oxygens (including phenoxy) is 2. The smallest absolute Gasteiger partial charge is 0.224 e. The number of halogens is 1. The molecule has 6 heteroatoms. The van der Waals surface area contributed by atoms with E-state index in [4.69, 9.17) is 15.2 Å². The molecule has 3 rings (SSSR count). The van der Waals surface area contributed by atoms with Crippen molar-refractivity contribution in [3.05, 3.63) is 23.8 Å². The van der Waals surface area contributed by atoms with Gasteiger partial charge in [-0.3, -0.25) is 4.79 Å². The lowest BCUT2D eigenvalue weighted by Gasteiger charge is -2.30. The van der Waals surface area contributed by atoms with Gasteiger partial charge >= 0.3 is 0 Å². The number of carbonyl (C=O) groups excluding carboxylic acids is 1. The Bertz CT molecular complexity index is 648. The summed E-state index contributed by atoms with van der Waals surface area (Å²) in [5.74, 6) is 2.53. The Morgan fingerprint density at radius 1 is 1.19 bits per heavy atom. The number of nitrogens with one attached hydrogen (secondary N) is 1. The Labute approximate surface area is 162 Å². The molecule has 0 radical (unpaired) electrons. The van der Waals surface area contributed by atoms with Gasteiger partial charge in [0.25, 0.3) is 0 Å². The zero-order chi connectivity index (χ0) is 18.2. The van der Waals surface area contributed by atoms with Crippen LogP contribution in [0.25, 0.3) is 0 Å². The van der Waals surface area contributed by atoms with Gasteiger partial charge in [-0.05, 0) is 48.8 Å². The largest absolute Gasteiger partial charge is 0.493 e. The Hall–Kier alpha value is -1.46. The molecule has 2 saturated carbocycles. The highest BCUT2D eigenvalue weighted by atomic mass is 35.5. The average molecular weight is 383 g/mol. The first kappa shape index (κ1) is 20.8. The van der Waals surface area contributed by atoms with E-state index in [9.17, 15) is 4.79 Å². The van der Waals surface area contributed by atoms with E-state index in [1.165, 1.54) is 6.42 Å². The number of amides is 1. The molecule has 0 heterocycles. The van der Waals surface area contributed by atoms with Crippen LogP contribution in [0.5, 0.6) is 11.5 Å². The fourth-order valence-corrected chi connectivity index (χ4v) is 4.51. The second kappa shape index (κ2) is 8.05. The molecule has 1 aromatic carbocycles. The Balaban J connectivity index is 0.00000243. The first-order valence-corrected chi connectivity index (χ1v) is 9.13. The van der Waals surface area contributed by atoms with E-state index in [0.29, 0.717) is 29.9 Å². The van der Waals surface area contributed by atoms with E-state index in [1.807, 2.05) is 18.2 Å². The summed E-state index contributed by atoms with van der Waals surface area (Å²) in [4.78, 5) is 12.7. The minimum absolute atomic E-state index is 0. The number of carbonyl (C=O) groups is 1. The van der Waals surface area contributed by atoms with Gasteiger partial charge in [0.2, 0.25) is 5.91 Å². The van der Waals surface area contributed by atoms with E-state index in [0.717, 1.165) is 18.4 Å². The average Bonchev–Trinajstić information content (AvgIpc) is 3.20. The van der Waals surface area contributed by atoms with Gasteiger partial charge in [-0.25, -0.2) is 0 Å². The number of fused-ring (bicyclic) bond motifs is 2. The molecule has 3 N–H and O–H groups in total. The van der Waals surface area contributed by atoms with Crippen molar-refractivity contribution in [1.82, 2.24) is 5.32 Å². The van der Waals surface area contributed by atoms with Crippen LogP contribution in [0.2, 0.25) is 0 Å². The van der Waals surface area contributed by atoms with Crippen LogP contribution in [-0.4, -0.2) is 32.7 Å². The van der Waals surface area contributed by atoms with Crippen molar-refractivity contribution >= 4 is 18.3 Å². The van der Waals surface area contributed by atoms with Gasteiger partial charge in [-0.15, -0.1) is 12.4 Å². The fourth-order valence-electron chi connectivity index (χ4n) is 4.51. The lowest BCUT2D eigenvalue weighted by atomic mass is 9.82. The first-order chi connectivity index (χ1) is 11.9. The quantitative estimate of drug-likeness (QED) is 0.793. The van der Waals surface area contributed by atoms with Gasteiger partial charge in [0.1, 0.15) is 0 Å². The van der Waals surface area contributed by atoms with Crippen molar-refractivity contribution in [2.75, 3.05) is 20.8 Å². The third-order valence-electron chi connectivity index (χ3n) is 6.15. The SMILES string of the molecule is COc1ccc(C(C)(C)CNC(=O)C2C3CCC(C3)C2N)cc1OC.Cl. The lowest BCUT2D eigenvalue weighted by Crippen LogP contribution is -2.47. The van der Waals surface area contributed by atoms with Crippen LogP contribution in [0.4, 0.5) is 0 Å². The van der Waals surface area contributed by atoms with Gasteiger partial charge in [0.15, 0.2) is 11.5 Å². The molecule has 1 aromatic rings.